The highest BCUT2D eigenvalue weighted by Crippen LogP contribution is 2.44. The van der Waals surface area contributed by atoms with Gasteiger partial charge in [-0.2, -0.15) is 0 Å². The molecule has 0 spiro atoms. The first-order valence-electron chi connectivity index (χ1n) is 12.1. The summed E-state index contributed by atoms with van der Waals surface area (Å²) in [4.78, 5) is 27.4. The zero-order valence-corrected chi connectivity index (χ0v) is 20.7. The van der Waals surface area contributed by atoms with E-state index in [9.17, 15) is 19.8 Å². The number of hydrogen-bond acceptors (Lipinski definition) is 6. The van der Waals surface area contributed by atoms with Crippen molar-refractivity contribution in [3.8, 4) is 11.1 Å². The average Bonchev–Trinajstić information content (AvgIpc) is 3.35. The Morgan fingerprint density at radius 2 is 1.61 bits per heavy atom. The smallest absolute Gasteiger partial charge is 0.407 e. The van der Waals surface area contributed by atoms with Gasteiger partial charge >= 0.3 is 12.1 Å². The first-order chi connectivity index (χ1) is 17.3. The lowest BCUT2D eigenvalue weighted by Gasteiger charge is -2.19. The molecule has 0 fully saturated rings. The van der Waals surface area contributed by atoms with Gasteiger partial charge in [-0.1, -0.05) is 48.5 Å². The van der Waals surface area contributed by atoms with E-state index in [1.165, 1.54) is 0 Å². The lowest BCUT2D eigenvalue weighted by atomic mass is 9.98. The number of carbonyl (C=O) groups excluding carboxylic acids is 2. The zero-order valence-electron chi connectivity index (χ0n) is 20.7. The maximum Gasteiger partial charge on any atom is 0.407 e. The molecule has 2 unspecified atom stereocenters. The number of ether oxygens (including phenoxy) is 2. The van der Waals surface area contributed by atoms with E-state index in [0.717, 1.165) is 22.3 Å². The lowest BCUT2D eigenvalue weighted by molar-refractivity contribution is 0.0130. The number of hydrogen-bond donors (Lipinski definition) is 4. The molecule has 1 heterocycles. The van der Waals surface area contributed by atoms with Gasteiger partial charge in [-0.05, 0) is 55.0 Å². The number of H-pyrrole nitrogens is 1. The first kappa shape index (κ1) is 25.5. The van der Waals surface area contributed by atoms with Crippen molar-refractivity contribution in [3.05, 3.63) is 82.2 Å². The maximum atomic E-state index is 12.4. The van der Waals surface area contributed by atoms with Crippen molar-refractivity contribution >= 4 is 12.1 Å². The number of aromatic amines is 1. The molecular weight excluding hydrogens is 460 g/mol. The number of alkyl carbamates (subject to hydrolysis) is 1. The van der Waals surface area contributed by atoms with Crippen LogP contribution in [0.25, 0.3) is 11.1 Å². The quantitative estimate of drug-likeness (QED) is 0.333. The molecule has 4 rings (SSSR count). The summed E-state index contributed by atoms with van der Waals surface area (Å²) in [5, 5.41) is 23.9. The van der Waals surface area contributed by atoms with E-state index in [0.29, 0.717) is 16.8 Å². The number of aromatic nitrogens is 1. The highest BCUT2D eigenvalue weighted by molar-refractivity contribution is 5.90. The number of carbonyl (C=O) groups is 2. The molecule has 2 aromatic carbocycles. The van der Waals surface area contributed by atoms with Crippen LogP contribution in [-0.4, -0.2) is 53.1 Å². The molecule has 1 amide bonds. The highest BCUT2D eigenvalue weighted by Gasteiger charge is 2.30. The molecule has 0 saturated heterocycles. The third-order valence-electron chi connectivity index (χ3n) is 6.69. The number of amides is 1. The first-order valence-corrected chi connectivity index (χ1v) is 12.1. The fraction of sp³-hybridized carbons (Fsp3) is 0.357. The van der Waals surface area contributed by atoms with Crippen molar-refractivity contribution in [3.63, 3.8) is 0 Å². The van der Waals surface area contributed by atoms with Gasteiger partial charge in [0.15, 0.2) is 0 Å². The van der Waals surface area contributed by atoms with Crippen molar-refractivity contribution in [1.82, 2.24) is 10.3 Å². The summed E-state index contributed by atoms with van der Waals surface area (Å²) in [7, 11) is 0. The van der Waals surface area contributed by atoms with Gasteiger partial charge in [-0.25, -0.2) is 9.59 Å². The highest BCUT2D eigenvalue weighted by atomic mass is 16.5. The van der Waals surface area contributed by atoms with E-state index >= 15 is 0 Å². The Bertz CT molecular complexity index is 1210. The van der Waals surface area contributed by atoms with Crippen LogP contribution in [0, 0.1) is 13.8 Å². The second kappa shape index (κ2) is 11.0. The van der Waals surface area contributed by atoms with Crippen molar-refractivity contribution in [1.29, 1.82) is 0 Å². The van der Waals surface area contributed by atoms with Crippen molar-refractivity contribution in [2.75, 3.05) is 19.8 Å². The summed E-state index contributed by atoms with van der Waals surface area (Å²) in [6.45, 7) is 5.67. The maximum absolute atomic E-state index is 12.4. The molecule has 1 aliphatic carbocycles. The number of benzene rings is 2. The molecule has 3 aromatic rings. The Hall–Kier alpha value is -3.62. The molecule has 190 valence electrons. The summed E-state index contributed by atoms with van der Waals surface area (Å²) < 4.78 is 10.5. The van der Waals surface area contributed by atoms with Crippen molar-refractivity contribution in [2.24, 2.45) is 0 Å². The third kappa shape index (κ3) is 5.01. The number of nitrogens with one attached hydrogen (secondary N) is 2. The van der Waals surface area contributed by atoms with Gasteiger partial charge in [-0.15, -0.1) is 0 Å². The topological polar surface area (TPSA) is 121 Å². The number of aliphatic hydroxyl groups is 2. The van der Waals surface area contributed by atoms with Gasteiger partial charge < -0.3 is 30.0 Å². The van der Waals surface area contributed by atoms with Crippen LogP contribution in [0.1, 0.15) is 63.8 Å². The molecule has 1 aliphatic rings. The van der Waals surface area contributed by atoms with Crippen LogP contribution < -0.4 is 5.32 Å². The van der Waals surface area contributed by atoms with Crippen molar-refractivity contribution in [2.45, 2.75) is 45.3 Å². The largest absolute Gasteiger partial charge is 0.461 e. The summed E-state index contributed by atoms with van der Waals surface area (Å²) in [5.41, 5.74) is 6.38. The monoisotopic (exact) mass is 492 g/mol. The minimum absolute atomic E-state index is 0.0382. The Kier molecular flexibility index (Phi) is 7.76. The SMILES string of the molecule is CCOC(=O)c1[nH]c(C)c(C(O)C(O)CCNC(=O)OCC2c3ccccc3-c3ccccc32)c1C. The van der Waals surface area contributed by atoms with E-state index < -0.39 is 24.3 Å². The molecular formula is C28H32N2O6. The molecule has 2 atom stereocenters. The van der Waals surface area contributed by atoms with Crippen LogP contribution >= 0.6 is 0 Å². The predicted molar refractivity (Wildman–Crippen MR) is 135 cm³/mol. The van der Waals surface area contributed by atoms with Crippen LogP contribution in [0.15, 0.2) is 48.5 Å². The van der Waals surface area contributed by atoms with E-state index in [1.807, 2.05) is 24.3 Å². The molecule has 1 aromatic heterocycles. The molecule has 0 saturated carbocycles. The van der Waals surface area contributed by atoms with Crippen molar-refractivity contribution < 1.29 is 29.3 Å². The number of aryl methyl sites for hydroxylation is 1. The Balaban J connectivity index is 1.30. The molecule has 4 N–H and O–H groups in total. The average molecular weight is 493 g/mol. The number of aliphatic hydroxyl groups excluding tert-OH is 2. The second-order valence-electron chi connectivity index (χ2n) is 8.94. The fourth-order valence-corrected chi connectivity index (χ4v) is 4.94. The fourth-order valence-electron chi connectivity index (χ4n) is 4.94. The molecule has 8 heteroatoms. The predicted octanol–water partition coefficient (Wildman–Crippen LogP) is 4.13. The van der Waals surface area contributed by atoms with Gasteiger partial charge in [0.05, 0.1) is 12.7 Å². The second-order valence-corrected chi connectivity index (χ2v) is 8.94. The molecule has 0 bridgehead atoms. The van der Waals surface area contributed by atoms with Crippen LogP contribution in [-0.2, 0) is 9.47 Å². The van der Waals surface area contributed by atoms with E-state index in [-0.39, 0.29) is 37.8 Å². The summed E-state index contributed by atoms with van der Waals surface area (Å²) in [5.74, 6) is -0.549. The standard InChI is InChI=1S/C28H32N2O6/c1-4-35-27(33)25-16(2)24(17(3)30-25)26(32)23(31)13-14-29-28(34)36-15-22-20-11-7-5-9-18(20)19-10-6-8-12-21(19)22/h5-12,22-23,26,30-32H,4,13-15H2,1-3H3,(H,29,34). The Labute approximate surface area is 210 Å². The molecule has 36 heavy (non-hydrogen) atoms. The Morgan fingerprint density at radius 1 is 1.00 bits per heavy atom. The zero-order chi connectivity index (χ0) is 25.8. The molecule has 8 nitrogen and oxygen atoms in total. The number of fused-ring (bicyclic) bond motifs is 3. The van der Waals surface area contributed by atoms with Gasteiger partial charge in [-0.3, -0.25) is 0 Å². The summed E-state index contributed by atoms with van der Waals surface area (Å²) >= 11 is 0. The van der Waals surface area contributed by atoms with E-state index in [1.54, 1.807) is 20.8 Å². The van der Waals surface area contributed by atoms with E-state index in [4.69, 9.17) is 9.47 Å². The third-order valence-corrected chi connectivity index (χ3v) is 6.69. The lowest BCUT2D eigenvalue weighted by Crippen LogP contribution is -2.31. The normalized spacial score (nSPS) is 14.0. The molecule has 0 radical (unpaired) electrons. The van der Waals surface area contributed by atoms with Gasteiger partial charge in [0.25, 0.3) is 0 Å². The Morgan fingerprint density at radius 3 is 2.22 bits per heavy atom. The van der Waals surface area contributed by atoms with Gasteiger partial charge in [0, 0.05) is 23.7 Å². The van der Waals surface area contributed by atoms with Crippen LogP contribution in [0.3, 0.4) is 0 Å². The minimum Gasteiger partial charge on any atom is -0.461 e. The molecule has 0 aliphatic heterocycles. The van der Waals surface area contributed by atoms with Gasteiger partial charge in [0.2, 0.25) is 0 Å². The van der Waals surface area contributed by atoms with Crippen LogP contribution in [0.5, 0.6) is 0 Å². The van der Waals surface area contributed by atoms with Crippen LogP contribution in [0.2, 0.25) is 0 Å². The summed E-state index contributed by atoms with van der Waals surface area (Å²) in [6.07, 6.45) is -2.86. The minimum atomic E-state index is -1.23. The number of rotatable bonds is 9. The number of esters is 1. The van der Waals surface area contributed by atoms with Crippen LogP contribution in [0.4, 0.5) is 4.79 Å². The summed E-state index contributed by atoms with van der Waals surface area (Å²) in [6, 6.07) is 16.2. The van der Waals surface area contributed by atoms with E-state index in [2.05, 4.69) is 34.6 Å². The van der Waals surface area contributed by atoms with Gasteiger partial charge in [0.1, 0.15) is 18.4 Å².